The number of rotatable bonds is 7. The number of hydrogen-bond donors (Lipinski definition) is 2. The zero-order chi connectivity index (χ0) is 41.8. The third kappa shape index (κ3) is 7.79. The second kappa shape index (κ2) is 16.3. The maximum atomic E-state index is 14.7. The number of aromatic nitrogens is 3. The van der Waals surface area contributed by atoms with Crippen LogP contribution in [0.25, 0.3) is 33.4 Å². The van der Waals surface area contributed by atoms with Crippen molar-refractivity contribution in [2.45, 2.75) is 114 Å². The molecule has 1 aromatic carbocycles. The van der Waals surface area contributed by atoms with Crippen LogP contribution in [0.15, 0.2) is 41.9 Å². The SMILES string of the molecule is CC[C@H]1C[C@@H](C(=O)NC2S[C@@]23Cc2nc(cs2)-c2ccc4c(c2)c(c(-c2cccnc2[C@H](C)OC)n4CC)CC(C)(C)COC(=O)[C@@H]2CCCN(N2)C3=O)CC(=O)N1C. The summed E-state index contributed by atoms with van der Waals surface area (Å²) in [6.07, 6.45) is 5.11. The van der Waals surface area contributed by atoms with Crippen molar-refractivity contribution < 1.29 is 28.7 Å². The van der Waals surface area contributed by atoms with Gasteiger partial charge in [-0.2, -0.15) is 0 Å². The lowest BCUT2D eigenvalue weighted by Gasteiger charge is -2.36. The predicted octanol–water partition coefficient (Wildman–Crippen LogP) is 6.29. The summed E-state index contributed by atoms with van der Waals surface area (Å²) < 4.78 is 13.2. The molecular formula is C44H55N7O6S2. The monoisotopic (exact) mass is 841 g/mol. The number of piperidine rings is 1. The minimum atomic E-state index is -1.04. The third-order valence-corrected chi connectivity index (χ3v) is 15.0. The molecule has 1 unspecified atom stereocenters. The van der Waals surface area contributed by atoms with E-state index < -0.39 is 33.5 Å². The molecule has 3 amide bonds. The fourth-order valence-electron chi connectivity index (χ4n) is 9.14. The van der Waals surface area contributed by atoms with Gasteiger partial charge in [0.15, 0.2) is 0 Å². The Morgan fingerprint density at radius 1 is 1.17 bits per heavy atom. The smallest absolute Gasteiger partial charge is 0.324 e. The number of thiazole rings is 1. The molecule has 4 aliphatic heterocycles. The molecule has 4 aromatic rings. The van der Waals surface area contributed by atoms with E-state index in [1.54, 1.807) is 30.3 Å². The summed E-state index contributed by atoms with van der Waals surface area (Å²) in [4.78, 5) is 66.8. The first kappa shape index (κ1) is 41.4. The number of nitrogens with one attached hydrogen (secondary N) is 2. The molecule has 59 heavy (non-hydrogen) atoms. The van der Waals surface area contributed by atoms with Gasteiger partial charge in [-0.05, 0) is 75.8 Å². The van der Waals surface area contributed by atoms with E-state index in [9.17, 15) is 19.2 Å². The number of aryl methyl sites for hydroxylation is 1. The molecule has 7 heterocycles. The lowest BCUT2D eigenvalue weighted by molar-refractivity contribution is -0.155. The molecule has 3 aromatic heterocycles. The number of likely N-dealkylation sites (tertiary alicyclic amines) is 1. The molecule has 13 nitrogen and oxygen atoms in total. The zero-order valence-electron chi connectivity index (χ0n) is 35.0. The molecule has 0 radical (unpaired) electrons. The van der Waals surface area contributed by atoms with E-state index in [-0.39, 0.29) is 42.9 Å². The highest BCUT2D eigenvalue weighted by molar-refractivity contribution is 8.09. The highest BCUT2D eigenvalue weighted by atomic mass is 32.2. The highest BCUT2D eigenvalue weighted by Crippen LogP contribution is 2.56. The average molecular weight is 842 g/mol. The molecule has 6 atom stereocenters. The van der Waals surface area contributed by atoms with E-state index in [0.29, 0.717) is 38.6 Å². The van der Waals surface area contributed by atoms with Crippen molar-refractivity contribution in [1.29, 1.82) is 0 Å². The fourth-order valence-corrected chi connectivity index (χ4v) is 11.3. The Kier molecular flexibility index (Phi) is 11.4. The topological polar surface area (TPSA) is 148 Å². The summed E-state index contributed by atoms with van der Waals surface area (Å²) >= 11 is 2.90. The Bertz CT molecular complexity index is 2290. The van der Waals surface area contributed by atoms with Crippen molar-refractivity contribution in [3.8, 4) is 22.5 Å². The Morgan fingerprint density at radius 2 is 1.98 bits per heavy atom. The van der Waals surface area contributed by atoms with Gasteiger partial charge in [0, 0.05) is 91.1 Å². The van der Waals surface area contributed by atoms with E-state index in [1.807, 2.05) is 25.3 Å². The van der Waals surface area contributed by atoms with Crippen LogP contribution < -0.4 is 10.7 Å². The molecule has 15 heteroatoms. The number of esters is 1. The molecule has 4 aliphatic rings. The second-order valence-corrected chi connectivity index (χ2v) is 19.6. The first-order chi connectivity index (χ1) is 28.3. The quantitative estimate of drug-likeness (QED) is 0.161. The van der Waals surface area contributed by atoms with E-state index in [0.717, 1.165) is 62.6 Å². The summed E-state index contributed by atoms with van der Waals surface area (Å²) in [5.74, 6) is -1.32. The van der Waals surface area contributed by atoms with Gasteiger partial charge in [0.2, 0.25) is 11.8 Å². The Morgan fingerprint density at radius 3 is 2.75 bits per heavy atom. The summed E-state index contributed by atoms with van der Waals surface area (Å²) in [7, 11) is 3.49. The number of hydrogen-bond acceptors (Lipinski definition) is 11. The standard InChI is InChI=1S/C44H55N7O6S2/c1-8-28-18-27(20-36(52)49(28)6)39(53)47-41-44(59-41)22-35-46-33(23-58-35)26-14-15-34-30(19-26)31(38(50(34)9-2)29-12-10-16-45-37(29)25(3)56-7)21-43(4,5)24-57-40(54)32-13-11-17-51(48-32)42(44)55/h10,12,14-16,19,23,25,27-28,32,41,48H,8-9,11,13,17-18,20-22,24H2,1-7H3,(H,47,53)/t25-,27+,28-,32-,41?,44-/m0/s1. The Hall–Kier alpha value is -4.31. The van der Waals surface area contributed by atoms with E-state index in [2.05, 4.69) is 60.3 Å². The highest BCUT2D eigenvalue weighted by Gasteiger charge is 2.64. The first-order valence-corrected chi connectivity index (χ1v) is 22.6. The van der Waals surface area contributed by atoms with Crippen molar-refractivity contribution in [3.63, 3.8) is 0 Å². The number of amides is 3. The summed E-state index contributed by atoms with van der Waals surface area (Å²) in [6.45, 7) is 11.7. The van der Waals surface area contributed by atoms with E-state index in [4.69, 9.17) is 19.4 Å². The van der Waals surface area contributed by atoms with Gasteiger partial charge < -0.3 is 24.3 Å². The van der Waals surface area contributed by atoms with Gasteiger partial charge in [0.05, 0.1) is 34.8 Å². The van der Waals surface area contributed by atoms with E-state index >= 15 is 0 Å². The van der Waals surface area contributed by atoms with Crippen LogP contribution in [0.5, 0.6) is 0 Å². The number of cyclic esters (lactones) is 1. The van der Waals surface area contributed by atoms with Crippen LogP contribution >= 0.6 is 23.1 Å². The van der Waals surface area contributed by atoms with Crippen LogP contribution in [0.1, 0.15) is 89.1 Å². The number of methoxy groups -OCH3 is 1. The van der Waals surface area contributed by atoms with Gasteiger partial charge in [-0.15, -0.1) is 23.1 Å². The van der Waals surface area contributed by atoms with Crippen LogP contribution in [0.2, 0.25) is 0 Å². The number of carbonyl (C=O) groups excluding carboxylic acids is 4. The third-order valence-electron chi connectivity index (χ3n) is 12.6. The molecule has 2 N–H and O–H groups in total. The minimum absolute atomic E-state index is 0.00580. The molecule has 0 aliphatic carbocycles. The summed E-state index contributed by atoms with van der Waals surface area (Å²) in [5.41, 5.74) is 9.65. The van der Waals surface area contributed by atoms with Crippen molar-refractivity contribution in [2.24, 2.45) is 11.3 Å². The van der Waals surface area contributed by atoms with Gasteiger partial charge in [0.1, 0.15) is 16.2 Å². The number of hydrazine groups is 1. The van der Waals surface area contributed by atoms with Crippen LogP contribution in [-0.2, 0) is 48.0 Å². The van der Waals surface area contributed by atoms with Crippen molar-refractivity contribution in [2.75, 3.05) is 27.3 Å². The van der Waals surface area contributed by atoms with Gasteiger partial charge >= 0.3 is 5.97 Å². The van der Waals surface area contributed by atoms with Crippen molar-refractivity contribution >= 4 is 57.7 Å². The first-order valence-electron chi connectivity index (χ1n) is 20.8. The van der Waals surface area contributed by atoms with E-state index in [1.165, 1.54) is 23.1 Å². The molecule has 8 rings (SSSR count). The number of benzene rings is 1. The van der Waals surface area contributed by atoms with Crippen LogP contribution in [0.3, 0.4) is 0 Å². The van der Waals surface area contributed by atoms with Crippen LogP contribution in [-0.4, -0.2) is 97.6 Å². The average Bonchev–Trinajstić information content (AvgIpc) is 3.55. The second-order valence-electron chi connectivity index (χ2n) is 17.2. The van der Waals surface area contributed by atoms with Gasteiger partial charge in [-0.25, -0.2) is 10.4 Å². The zero-order valence-corrected chi connectivity index (χ0v) is 36.6. The fraction of sp³-hybridized carbons (Fsp3) is 0.545. The van der Waals surface area contributed by atoms with Crippen molar-refractivity contribution in [1.82, 2.24) is 35.2 Å². The lowest BCUT2D eigenvalue weighted by Crippen LogP contribution is -2.59. The number of thioether (sulfide) groups is 1. The molecule has 6 bridgehead atoms. The normalized spacial score (nSPS) is 26.5. The van der Waals surface area contributed by atoms with Crippen molar-refractivity contribution in [3.05, 3.63) is 58.2 Å². The summed E-state index contributed by atoms with van der Waals surface area (Å²) in [6, 6.07) is 9.84. The largest absolute Gasteiger partial charge is 0.464 e. The number of nitrogens with zero attached hydrogens (tertiary/aromatic N) is 5. The van der Waals surface area contributed by atoms with Gasteiger partial charge in [-0.3, -0.25) is 29.2 Å². The van der Waals surface area contributed by atoms with Crippen LogP contribution in [0, 0.1) is 11.3 Å². The predicted molar refractivity (Wildman–Crippen MR) is 229 cm³/mol. The van der Waals surface area contributed by atoms with Gasteiger partial charge in [0.25, 0.3) is 5.91 Å². The van der Waals surface area contributed by atoms with Crippen LogP contribution in [0.4, 0.5) is 0 Å². The molecule has 3 fully saturated rings. The Balaban J connectivity index is 1.19. The molecular weight excluding hydrogens is 787 g/mol. The lowest BCUT2D eigenvalue weighted by atomic mass is 9.84. The van der Waals surface area contributed by atoms with Gasteiger partial charge in [-0.1, -0.05) is 26.8 Å². The molecule has 0 saturated carbocycles. The number of fused-ring (bicyclic) bond motifs is 6. The molecule has 3 saturated heterocycles. The number of carbonyl (C=O) groups is 4. The maximum Gasteiger partial charge on any atom is 0.324 e. The minimum Gasteiger partial charge on any atom is -0.464 e. The Labute approximate surface area is 354 Å². The maximum absolute atomic E-state index is 14.7. The molecule has 314 valence electrons. The number of pyridine rings is 1. The summed E-state index contributed by atoms with van der Waals surface area (Å²) in [5, 5.41) is 8.09. The molecule has 1 spiro atoms. The number of ether oxygens (including phenoxy) is 2.